The third kappa shape index (κ3) is 5.34. The Balaban J connectivity index is 1.52. The normalized spacial score (nSPS) is 19.1. The first-order chi connectivity index (χ1) is 13.1. The van der Waals surface area contributed by atoms with Crippen molar-refractivity contribution >= 4 is 5.91 Å². The van der Waals surface area contributed by atoms with E-state index in [4.69, 9.17) is 9.47 Å². The first-order valence-corrected chi connectivity index (χ1v) is 9.93. The lowest BCUT2D eigenvalue weighted by atomic mass is 10.0. The van der Waals surface area contributed by atoms with Crippen molar-refractivity contribution in [1.29, 1.82) is 0 Å². The van der Waals surface area contributed by atoms with Crippen LogP contribution in [0.1, 0.15) is 26.3 Å². The number of fused-ring (bicyclic) bond motifs is 1. The molecule has 7 heteroatoms. The van der Waals surface area contributed by atoms with Gasteiger partial charge in [0.1, 0.15) is 0 Å². The zero-order valence-corrected chi connectivity index (χ0v) is 16.7. The van der Waals surface area contributed by atoms with E-state index in [1.54, 1.807) is 0 Å². The molecule has 0 aliphatic carbocycles. The summed E-state index contributed by atoms with van der Waals surface area (Å²) in [6.07, 6.45) is 0.886. The lowest BCUT2D eigenvalue weighted by molar-refractivity contribution is -0.124. The number of nitrogens with zero attached hydrogens (tertiary/aromatic N) is 2. The molecule has 0 bridgehead atoms. The summed E-state index contributed by atoms with van der Waals surface area (Å²) in [5.74, 6) is 1.73. The third-order valence-electron chi connectivity index (χ3n) is 5.34. The average Bonchev–Trinajstić information content (AvgIpc) is 3.10. The second kappa shape index (κ2) is 9.39. The average molecular weight is 377 g/mol. The van der Waals surface area contributed by atoms with Gasteiger partial charge in [-0.3, -0.25) is 14.6 Å². The van der Waals surface area contributed by atoms with Crippen molar-refractivity contribution in [2.45, 2.75) is 39.4 Å². The van der Waals surface area contributed by atoms with Crippen LogP contribution in [0.3, 0.4) is 0 Å². The molecule has 3 rings (SSSR count). The molecule has 0 saturated carbocycles. The van der Waals surface area contributed by atoms with E-state index in [9.17, 15) is 4.79 Å². The molecule has 0 aromatic heterocycles. The van der Waals surface area contributed by atoms with Gasteiger partial charge in [-0.25, -0.2) is 0 Å². The lowest BCUT2D eigenvalue weighted by Crippen LogP contribution is -2.54. The van der Waals surface area contributed by atoms with Crippen LogP contribution in [0, 0.1) is 0 Å². The maximum atomic E-state index is 12.4. The van der Waals surface area contributed by atoms with Crippen molar-refractivity contribution < 1.29 is 14.3 Å². The topological polar surface area (TPSA) is 66.1 Å². The van der Waals surface area contributed by atoms with Crippen molar-refractivity contribution in [3.8, 4) is 11.5 Å². The van der Waals surface area contributed by atoms with Crippen LogP contribution in [0.15, 0.2) is 18.2 Å². The van der Waals surface area contributed by atoms with Gasteiger partial charge in [0.2, 0.25) is 12.7 Å². The molecule has 1 amide bonds. The van der Waals surface area contributed by atoms with E-state index in [0.717, 1.165) is 50.6 Å². The summed E-state index contributed by atoms with van der Waals surface area (Å²) in [7, 11) is 0. The van der Waals surface area contributed by atoms with Crippen LogP contribution in [-0.4, -0.2) is 74.0 Å². The highest BCUT2D eigenvalue weighted by Gasteiger charge is 2.22. The van der Waals surface area contributed by atoms with Gasteiger partial charge in [0.15, 0.2) is 11.5 Å². The minimum absolute atomic E-state index is 0.00516. The van der Waals surface area contributed by atoms with E-state index >= 15 is 0 Å². The Hall–Kier alpha value is -1.83. The van der Waals surface area contributed by atoms with Crippen molar-refractivity contribution in [3.63, 3.8) is 0 Å². The van der Waals surface area contributed by atoms with Crippen LogP contribution in [0.4, 0.5) is 0 Å². The Labute approximate surface area is 162 Å². The van der Waals surface area contributed by atoms with Crippen molar-refractivity contribution in [3.05, 3.63) is 23.8 Å². The molecule has 2 aliphatic heterocycles. The summed E-state index contributed by atoms with van der Waals surface area (Å²) < 4.78 is 10.9. The number of benzene rings is 1. The van der Waals surface area contributed by atoms with Gasteiger partial charge >= 0.3 is 0 Å². The van der Waals surface area contributed by atoms with Crippen molar-refractivity contribution in [2.75, 3.05) is 46.1 Å². The number of carbonyl (C=O) groups excluding carboxylic acids is 1. The summed E-state index contributed by atoms with van der Waals surface area (Å²) in [5, 5.41) is 6.48. The van der Waals surface area contributed by atoms with Gasteiger partial charge in [-0.1, -0.05) is 13.0 Å². The monoisotopic (exact) mass is 376 g/mol. The zero-order valence-electron chi connectivity index (χ0n) is 16.7. The van der Waals surface area contributed by atoms with E-state index < -0.39 is 0 Å². The second-order valence-corrected chi connectivity index (χ2v) is 7.34. The number of hydrogen-bond acceptors (Lipinski definition) is 6. The number of ether oxygens (including phenoxy) is 2. The van der Waals surface area contributed by atoms with Crippen LogP contribution < -0.4 is 20.1 Å². The molecule has 2 atom stereocenters. The number of hydrogen-bond donors (Lipinski definition) is 2. The molecule has 1 saturated heterocycles. The fourth-order valence-corrected chi connectivity index (χ4v) is 3.93. The molecule has 2 N–H and O–H groups in total. The molecule has 1 aromatic rings. The summed E-state index contributed by atoms with van der Waals surface area (Å²) >= 11 is 0. The maximum Gasteiger partial charge on any atom is 0.235 e. The lowest BCUT2D eigenvalue weighted by Gasteiger charge is -2.35. The van der Waals surface area contributed by atoms with Crippen molar-refractivity contribution in [2.24, 2.45) is 0 Å². The van der Waals surface area contributed by atoms with Crippen LogP contribution >= 0.6 is 0 Å². The predicted molar refractivity (Wildman–Crippen MR) is 105 cm³/mol. The SMILES string of the molecule is CCN(C(C)Cc1ccc2c(c1)OCO2)C(C)NC(=O)CN1CCNCC1. The predicted octanol–water partition coefficient (Wildman–Crippen LogP) is 1.04. The number of rotatable bonds is 8. The Morgan fingerprint density at radius 1 is 1.26 bits per heavy atom. The number of nitrogens with one attached hydrogen (secondary N) is 2. The number of carbonyl (C=O) groups is 1. The summed E-state index contributed by atoms with van der Waals surface area (Å²) in [6, 6.07) is 6.41. The van der Waals surface area contributed by atoms with Gasteiger partial charge in [-0.05, 0) is 44.5 Å². The summed E-state index contributed by atoms with van der Waals surface area (Å²) in [6.45, 7) is 11.8. The van der Waals surface area contributed by atoms with Gasteiger partial charge < -0.3 is 20.1 Å². The molecule has 150 valence electrons. The number of amides is 1. The van der Waals surface area contributed by atoms with Gasteiger partial charge in [0.25, 0.3) is 0 Å². The van der Waals surface area contributed by atoms with E-state index in [1.807, 2.05) is 6.07 Å². The van der Waals surface area contributed by atoms with Crippen LogP contribution in [0.2, 0.25) is 0 Å². The van der Waals surface area contributed by atoms with Gasteiger partial charge in [-0.2, -0.15) is 0 Å². The smallest absolute Gasteiger partial charge is 0.235 e. The van der Waals surface area contributed by atoms with Gasteiger partial charge in [-0.15, -0.1) is 0 Å². The third-order valence-corrected chi connectivity index (χ3v) is 5.34. The highest BCUT2D eigenvalue weighted by molar-refractivity contribution is 5.78. The Morgan fingerprint density at radius 3 is 2.74 bits per heavy atom. The molecule has 2 aliphatic rings. The molecule has 2 heterocycles. The summed E-state index contributed by atoms with van der Waals surface area (Å²) in [5.41, 5.74) is 1.21. The Morgan fingerprint density at radius 2 is 2.00 bits per heavy atom. The molecule has 0 spiro atoms. The molecule has 1 fully saturated rings. The number of likely N-dealkylation sites (N-methyl/N-ethyl adjacent to an activating group) is 1. The van der Waals surface area contributed by atoms with E-state index in [1.165, 1.54) is 5.56 Å². The Kier molecular flexibility index (Phi) is 6.93. The molecule has 0 radical (unpaired) electrons. The standard InChI is InChI=1S/C20H32N4O3/c1-4-24(16(3)22-20(25)13-23-9-7-21-8-10-23)15(2)11-17-5-6-18-19(12-17)27-14-26-18/h5-6,12,15-16,21H,4,7-11,13-14H2,1-3H3,(H,22,25). The fraction of sp³-hybridized carbons (Fsp3) is 0.650. The summed E-state index contributed by atoms with van der Waals surface area (Å²) in [4.78, 5) is 16.9. The molecule has 2 unspecified atom stereocenters. The van der Waals surface area contributed by atoms with Crippen LogP contribution in [0.25, 0.3) is 0 Å². The molecule has 27 heavy (non-hydrogen) atoms. The zero-order chi connectivity index (χ0) is 19.2. The molecule has 1 aromatic carbocycles. The highest BCUT2D eigenvalue weighted by atomic mass is 16.7. The number of piperazine rings is 1. The van der Waals surface area contributed by atoms with Gasteiger partial charge in [0, 0.05) is 32.2 Å². The first kappa shape index (κ1) is 19.9. The quantitative estimate of drug-likeness (QED) is 0.661. The molecule has 7 nitrogen and oxygen atoms in total. The minimum atomic E-state index is -0.00516. The maximum absolute atomic E-state index is 12.4. The Bertz CT molecular complexity index is 634. The highest BCUT2D eigenvalue weighted by Crippen LogP contribution is 2.33. The first-order valence-electron chi connectivity index (χ1n) is 9.93. The van der Waals surface area contributed by atoms with Gasteiger partial charge in [0.05, 0.1) is 12.7 Å². The van der Waals surface area contributed by atoms with E-state index in [2.05, 4.69) is 53.3 Å². The molecular formula is C20H32N4O3. The van der Waals surface area contributed by atoms with Crippen LogP contribution in [0.5, 0.6) is 11.5 Å². The van der Waals surface area contributed by atoms with E-state index in [0.29, 0.717) is 19.4 Å². The van der Waals surface area contributed by atoms with Crippen molar-refractivity contribution in [1.82, 2.24) is 20.4 Å². The second-order valence-electron chi connectivity index (χ2n) is 7.34. The van der Waals surface area contributed by atoms with Crippen LogP contribution in [-0.2, 0) is 11.2 Å². The minimum Gasteiger partial charge on any atom is -0.454 e. The molecular weight excluding hydrogens is 344 g/mol. The largest absolute Gasteiger partial charge is 0.454 e. The fourth-order valence-electron chi connectivity index (χ4n) is 3.93. The van der Waals surface area contributed by atoms with E-state index in [-0.39, 0.29) is 12.1 Å².